The molecule has 2 aromatic carbocycles. The van der Waals surface area contributed by atoms with Crippen molar-refractivity contribution in [2.75, 3.05) is 7.11 Å². The van der Waals surface area contributed by atoms with Crippen molar-refractivity contribution in [2.24, 2.45) is 5.73 Å². The number of aliphatic hydroxyl groups excluding tert-OH is 1. The second-order valence-electron chi connectivity index (χ2n) is 5.32. The fraction of sp³-hybridized carbons (Fsp3) is 0.278. The lowest BCUT2D eigenvalue weighted by atomic mass is 9.97. The van der Waals surface area contributed by atoms with Gasteiger partial charge < -0.3 is 20.7 Å². The van der Waals surface area contributed by atoms with E-state index in [0.29, 0.717) is 24.3 Å². The highest BCUT2D eigenvalue weighted by Crippen LogP contribution is 2.31. The van der Waals surface area contributed by atoms with Gasteiger partial charge in [-0.2, -0.15) is 0 Å². The number of carboxylic acid groups (broad SMARTS) is 1. The van der Waals surface area contributed by atoms with Gasteiger partial charge in [0.25, 0.3) is 0 Å². The highest BCUT2D eigenvalue weighted by atomic mass is 16.5. The van der Waals surface area contributed by atoms with Crippen LogP contribution in [0.3, 0.4) is 0 Å². The van der Waals surface area contributed by atoms with Gasteiger partial charge in [-0.15, -0.1) is 0 Å². The van der Waals surface area contributed by atoms with E-state index in [1.807, 2.05) is 30.3 Å². The van der Waals surface area contributed by atoms with Crippen LogP contribution < -0.4 is 10.5 Å². The van der Waals surface area contributed by atoms with Crippen LogP contribution in [0.5, 0.6) is 5.75 Å². The first kappa shape index (κ1) is 17.0. The van der Waals surface area contributed by atoms with Gasteiger partial charge in [-0.25, -0.2) is 0 Å². The number of benzene rings is 2. The molecule has 1 unspecified atom stereocenters. The van der Waals surface area contributed by atoms with E-state index in [4.69, 9.17) is 15.6 Å². The number of ether oxygens (including phenoxy) is 1. The Morgan fingerprint density at radius 3 is 2.39 bits per heavy atom. The van der Waals surface area contributed by atoms with E-state index in [-0.39, 0.29) is 6.42 Å². The average molecular weight is 315 g/mol. The molecule has 1 atom stereocenters. The van der Waals surface area contributed by atoms with Crippen LogP contribution >= 0.6 is 0 Å². The molecule has 0 aromatic heterocycles. The third kappa shape index (κ3) is 4.31. The summed E-state index contributed by atoms with van der Waals surface area (Å²) in [5, 5.41) is 19.3. The van der Waals surface area contributed by atoms with E-state index in [1.54, 1.807) is 19.2 Å². The minimum Gasteiger partial charge on any atom is -0.496 e. The van der Waals surface area contributed by atoms with Crippen molar-refractivity contribution in [3.63, 3.8) is 0 Å². The summed E-state index contributed by atoms with van der Waals surface area (Å²) in [6.07, 6.45) is -0.249. The van der Waals surface area contributed by atoms with Gasteiger partial charge in [-0.3, -0.25) is 4.79 Å². The molecule has 0 aliphatic carbocycles. The Bertz CT molecular complexity index is 667. The van der Waals surface area contributed by atoms with Crippen molar-refractivity contribution >= 4 is 5.97 Å². The van der Waals surface area contributed by atoms with E-state index in [0.717, 1.165) is 16.7 Å². The molecular weight excluding hydrogens is 294 g/mol. The lowest BCUT2D eigenvalue weighted by molar-refractivity contribution is -0.136. The number of rotatable bonds is 7. The maximum Gasteiger partial charge on any atom is 0.303 e. The number of aliphatic hydroxyl groups is 1. The zero-order valence-electron chi connectivity index (χ0n) is 13.0. The number of methoxy groups -OCH3 is 1. The van der Waals surface area contributed by atoms with Crippen LogP contribution in [0.4, 0.5) is 0 Å². The number of hydrogen-bond acceptors (Lipinski definition) is 4. The molecule has 5 heteroatoms. The molecule has 23 heavy (non-hydrogen) atoms. The number of hydrogen-bond donors (Lipinski definition) is 3. The maximum atomic E-state index is 10.6. The molecule has 0 amide bonds. The van der Waals surface area contributed by atoms with Crippen molar-refractivity contribution in [1.29, 1.82) is 0 Å². The molecule has 0 heterocycles. The highest BCUT2D eigenvalue weighted by molar-refractivity contribution is 5.67. The summed E-state index contributed by atoms with van der Waals surface area (Å²) in [5.74, 6) is -0.228. The Labute approximate surface area is 135 Å². The summed E-state index contributed by atoms with van der Waals surface area (Å²) in [5.41, 5.74) is 8.87. The number of aliphatic carboxylic acids is 1. The van der Waals surface area contributed by atoms with Crippen molar-refractivity contribution in [3.05, 3.63) is 64.7 Å². The molecule has 0 spiro atoms. The van der Waals surface area contributed by atoms with Gasteiger partial charge in [0.1, 0.15) is 11.9 Å². The SMILES string of the molecule is COc1cc(CN)ccc1C(O)c1ccc(CCC(=O)O)cc1. The van der Waals surface area contributed by atoms with Gasteiger partial charge in [-0.05, 0) is 29.2 Å². The van der Waals surface area contributed by atoms with E-state index in [1.165, 1.54) is 0 Å². The quantitative estimate of drug-likeness (QED) is 0.729. The third-order valence-electron chi connectivity index (χ3n) is 3.75. The summed E-state index contributed by atoms with van der Waals surface area (Å²) >= 11 is 0. The minimum atomic E-state index is -0.821. The first-order valence-electron chi connectivity index (χ1n) is 7.40. The van der Waals surface area contributed by atoms with Gasteiger partial charge in [0, 0.05) is 18.5 Å². The molecule has 5 nitrogen and oxygen atoms in total. The summed E-state index contributed by atoms with van der Waals surface area (Å²) in [6, 6.07) is 12.8. The number of nitrogens with two attached hydrogens (primary N) is 1. The first-order valence-corrected chi connectivity index (χ1v) is 7.40. The zero-order chi connectivity index (χ0) is 16.8. The first-order chi connectivity index (χ1) is 11.0. The number of carboxylic acids is 1. The Morgan fingerprint density at radius 1 is 1.17 bits per heavy atom. The Morgan fingerprint density at radius 2 is 1.83 bits per heavy atom. The third-order valence-corrected chi connectivity index (χ3v) is 3.75. The summed E-state index contributed by atoms with van der Waals surface area (Å²) in [7, 11) is 1.56. The second kappa shape index (κ2) is 7.76. The largest absolute Gasteiger partial charge is 0.496 e. The van der Waals surface area contributed by atoms with Crippen molar-refractivity contribution in [3.8, 4) is 5.75 Å². The topological polar surface area (TPSA) is 92.8 Å². The molecule has 122 valence electrons. The molecular formula is C18H21NO4. The summed E-state index contributed by atoms with van der Waals surface area (Å²) in [4.78, 5) is 10.6. The van der Waals surface area contributed by atoms with Gasteiger partial charge in [-0.1, -0.05) is 36.4 Å². The van der Waals surface area contributed by atoms with Gasteiger partial charge in [0.2, 0.25) is 0 Å². The Kier molecular flexibility index (Phi) is 5.73. The van der Waals surface area contributed by atoms with Gasteiger partial charge in [0.05, 0.1) is 7.11 Å². The van der Waals surface area contributed by atoms with Crippen LogP contribution in [0.2, 0.25) is 0 Å². The maximum absolute atomic E-state index is 10.6. The molecule has 2 aromatic rings. The van der Waals surface area contributed by atoms with Crippen LogP contribution in [-0.4, -0.2) is 23.3 Å². The van der Waals surface area contributed by atoms with Crippen molar-refractivity contribution in [2.45, 2.75) is 25.5 Å². The zero-order valence-corrected chi connectivity index (χ0v) is 13.0. The number of carbonyl (C=O) groups is 1. The predicted octanol–water partition coefficient (Wildman–Crippen LogP) is 2.25. The molecule has 0 aliphatic heterocycles. The lowest BCUT2D eigenvalue weighted by Crippen LogP contribution is -2.05. The Hall–Kier alpha value is -2.37. The van der Waals surface area contributed by atoms with Gasteiger partial charge in [0.15, 0.2) is 0 Å². The van der Waals surface area contributed by atoms with E-state index in [2.05, 4.69) is 0 Å². The van der Waals surface area contributed by atoms with Crippen molar-refractivity contribution < 1.29 is 19.7 Å². The lowest BCUT2D eigenvalue weighted by Gasteiger charge is -2.16. The molecule has 0 saturated heterocycles. The highest BCUT2D eigenvalue weighted by Gasteiger charge is 2.16. The smallest absolute Gasteiger partial charge is 0.303 e. The van der Waals surface area contributed by atoms with Gasteiger partial charge >= 0.3 is 5.97 Å². The van der Waals surface area contributed by atoms with Crippen LogP contribution in [0.25, 0.3) is 0 Å². The molecule has 0 fully saturated rings. The fourth-order valence-corrected chi connectivity index (χ4v) is 2.41. The van der Waals surface area contributed by atoms with E-state index < -0.39 is 12.1 Å². The predicted molar refractivity (Wildman–Crippen MR) is 87.3 cm³/mol. The van der Waals surface area contributed by atoms with Crippen LogP contribution in [0.15, 0.2) is 42.5 Å². The average Bonchev–Trinajstić information content (AvgIpc) is 2.59. The molecule has 0 bridgehead atoms. The normalized spacial score (nSPS) is 12.0. The standard InChI is InChI=1S/C18H21NO4/c1-23-16-10-13(11-19)4-8-15(16)18(22)14-6-2-12(3-7-14)5-9-17(20)21/h2-4,6-8,10,18,22H,5,9,11,19H2,1H3,(H,20,21). The van der Waals surface area contributed by atoms with Crippen molar-refractivity contribution in [1.82, 2.24) is 0 Å². The second-order valence-corrected chi connectivity index (χ2v) is 5.32. The molecule has 0 aliphatic rings. The summed E-state index contributed by atoms with van der Waals surface area (Å²) in [6.45, 7) is 0.408. The number of aryl methyl sites for hydroxylation is 1. The molecule has 0 radical (unpaired) electrons. The minimum absolute atomic E-state index is 0.0935. The van der Waals surface area contributed by atoms with Crippen LogP contribution in [0, 0.1) is 0 Å². The van der Waals surface area contributed by atoms with E-state index >= 15 is 0 Å². The molecule has 0 saturated carbocycles. The monoisotopic (exact) mass is 315 g/mol. The summed E-state index contributed by atoms with van der Waals surface area (Å²) < 4.78 is 5.34. The fourth-order valence-electron chi connectivity index (χ4n) is 2.41. The van der Waals surface area contributed by atoms with E-state index in [9.17, 15) is 9.90 Å². The van der Waals surface area contributed by atoms with Crippen LogP contribution in [0.1, 0.15) is 34.8 Å². The Balaban J connectivity index is 2.19. The molecule has 2 rings (SSSR count). The molecule has 4 N–H and O–H groups in total. The van der Waals surface area contributed by atoms with Crippen LogP contribution in [-0.2, 0) is 17.8 Å².